The Morgan fingerprint density at radius 1 is 1.33 bits per heavy atom. The molecule has 0 aliphatic heterocycles. The van der Waals surface area contributed by atoms with E-state index in [2.05, 4.69) is 17.1 Å². The molecule has 2 aromatic rings. The number of hydrogen-bond acceptors (Lipinski definition) is 4. The Kier molecular flexibility index (Phi) is 5.09. The van der Waals surface area contributed by atoms with Crippen molar-refractivity contribution >= 4 is 11.8 Å². The first-order valence-corrected chi connectivity index (χ1v) is 7.33. The third kappa shape index (κ3) is 3.68. The van der Waals surface area contributed by atoms with Crippen LogP contribution in [-0.2, 0) is 4.79 Å². The van der Waals surface area contributed by atoms with E-state index in [0.717, 1.165) is 18.5 Å². The van der Waals surface area contributed by atoms with E-state index in [4.69, 9.17) is 4.52 Å². The molecule has 0 spiro atoms. The molecule has 21 heavy (non-hydrogen) atoms. The zero-order valence-corrected chi connectivity index (χ0v) is 12.7. The van der Waals surface area contributed by atoms with Crippen LogP contribution in [0, 0.1) is 0 Å². The fraction of sp³-hybridized carbons (Fsp3) is 0.438. The molecule has 112 valence electrons. The highest BCUT2D eigenvalue weighted by Crippen LogP contribution is 2.25. The summed E-state index contributed by atoms with van der Waals surface area (Å²) in [6.45, 7) is 6.00. The van der Waals surface area contributed by atoms with Gasteiger partial charge in [0.2, 0.25) is 11.8 Å². The van der Waals surface area contributed by atoms with Gasteiger partial charge in [0.05, 0.1) is 5.69 Å². The fourth-order valence-corrected chi connectivity index (χ4v) is 2.13. The Bertz CT molecular complexity index is 578. The first kappa shape index (κ1) is 15.2. The average molecular weight is 287 g/mol. The fourth-order valence-electron chi connectivity index (χ4n) is 2.13. The summed E-state index contributed by atoms with van der Waals surface area (Å²) in [6.07, 6.45) is 4.10. The number of amides is 1. The van der Waals surface area contributed by atoms with E-state index in [9.17, 15) is 4.79 Å². The van der Waals surface area contributed by atoms with Crippen molar-refractivity contribution in [3.63, 3.8) is 0 Å². The maximum absolute atomic E-state index is 12.3. The van der Waals surface area contributed by atoms with Crippen LogP contribution in [0.15, 0.2) is 35.0 Å². The highest BCUT2D eigenvalue weighted by molar-refractivity contribution is 5.92. The third-order valence-electron chi connectivity index (χ3n) is 3.19. The minimum atomic E-state index is 0.0267. The first-order chi connectivity index (χ1) is 10.1. The van der Waals surface area contributed by atoms with Crippen LogP contribution in [0.2, 0.25) is 0 Å². The predicted molar refractivity (Wildman–Crippen MR) is 81.9 cm³/mol. The third-order valence-corrected chi connectivity index (χ3v) is 3.19. The molecule has 0 atom stereocenters. The van der Waals surface area contributed by atoms with E-state index in [1.54, 1.807) is 17.2 Å². The zero-order chi connectivity index (χ0) is 15.2. The average Bonchev–Trinajstić information content (AvgIpc) is 2.95. The number of aromatic nitrogens is 2. The van der Waals surface area contributed by atoms with E-state index in [1.807, 2.05) is 32.0 Å². The van der Waals surface area contributed by atoms with Crippen molar-refractivity contribution in [1.82, 2.24) is 10.1 Å². The molecule has 0 aromatic carbocycles. The number of carbonyl (C=O) groups excluding carboxylic acids is 1. The molecule has 0 aliphatic rings. The lowest BCUT2D eigenvalue weighted by Crippen LogP contribution is -2.36. The van der Waals surface area contributed by atoms with Gasteiger partial charge < -0.3 is 4.52 Å². The van der Waals surface area contributed by atoms with E-state index in [-0.39, 0.29) is 11.9 Å². The molecule has 1 amide bonds. The standard InChI is InChI=1S/C16H21N3O2/c1-4-5-9-15(20)19(12(2)3)16-11-14(18-21-16)13-8-6-7-10-17-13/h6-8,10-12H,4-5,9H2,1-3H3. The van der Waals surface area contributed by atoms with E-state index in [0.29, 0.717) is 18.0 Å². The van der Waals surface area contributed by atoms with Crippen molar-refractivity contribution in [2.75, 3.05) is 4.90 Å². The summed E-state index contributed by atoms with van der Waals surface area (Å²) in [6, 6.07) is 7.40. The van der Waals surface area contributed by atoms with E-state index < -0.39 is 0 Å². The van der Waals surface area contributed by atoms with Gasteiger partial charge in [-0.3, -0.25) is 14.7 Å². The highest BCUT2D eigenvalue weighted by atomic mass is 16.5. The minimum absolute atomic E-state index is 0.0267. The molecule has 0 fully saturated rings. The monoisotopic (exact) mass is 287 g/mol. The number of rotatable bonds is 6. The summed E-state index contributed by atoms with van der Waals surface area (Å²) in [5, 5.41) is 4.02. The maximum atomic E-state index is 12.3. The molecular formula is C16H21N3O2. The SMILES string of the molecule is CCCCC(=O)N(c1cc(-c2ccccn2)no1)C(C)C. The van der Waals surface area contributed by atoms with Gasteiger partial charge in [-0.05, 0) is 32.4 Å². The molecule has 2 heterocycles. The van der Waals surface area contributed by atoms with Crippen molar-refractivity contribution < 1.29 is 9.32 Å². The predicted octanol–water partition coefficient (Wildman–Crippen LogP) is 3.67. The Morgan fingerprint density at radius 2 is 2.14 bits per heavy atom. The van der Waals surface area contributed by atoms with E-state index in [1.165, 1.54) is 0 Å². The van der Waals surface area contributed by atoms with Crippen LogP contribution < -0.4 is 4.90 Å². The lowest BCUT2D eigenvalue weighted by Gasteiger charge is -2.23. The minimum Gasteiger partial charge on any atom is -0.338 e. The van der Waals surface area contributed by atoms with Gasteiger partial charge in [0.1, 0.15) is 5.69 Å². The van der Waals surface area contributed by atoms with Crippen LogP contribution in [0.1, 0.15) is 40.0 Å². The Balaban J connectivity index is 2.22. The summed E-state index contributed by atoms with van der Waals surface area (Å²) in [5.74, 6) is 0.544. The number of pyridine rings is 1. The second-order valence-electron chi connectivity index (χ2n) is 5.23. The molecule has 0 N–H and O–H groups in total. The Morgan fingerprint density at radius 3 is 2.76 bits per heavy atom. The van der Waals surface area contributed by atoms with Gasteiger partial charge in [-0.15, -0.1) is 0 Å². The van der Waals surface area contributed by atoms with Crippen molar-refractivity contribution in [1.29, 1.82) is 0 Å². The molecule has 0 saturated carbocycles. The molecule has 0 unspecified atom stereocenters. The van der Waals surface area contributed by atoms with Gasteiger partial charge in [-0.2, -0.15) is 0 Å². The smallest absolute Gasteiger partial charge is 0.234 e. The lowest BCUT2D eigenvalue weighted by atomic mass is 10.2. The van der Waals surface area contributed by atoms with E-state index >= 15 is 0 Å². The Hall–Kier alpha value is -2.17. The van der Waals surface area contributed by atoms with Gasteiger partial charge in [-0.1, -0.05) is 24.6 Å². The van der Waals surface area contributed by atoms with Gasteiger partial charge in [-0.25, -0.2) is 0 Å². The van der Waals surface area contributed by atoms with Crippen LogP contribution in [0.5, 0.6) is 0 Å². The number of nitrogens with zero attached hydrogens (tertiary/aromatic N) is 3. The Labute approximate surface area is 125 Å². The van der Waals surface area contributed by atoms with Crippen LogP contribution in [-0.4, -0.2) is 22.1 Å². The van der Waals surface area contributed by atoms with Gasteiger partial charge >= 0.3 is 0 Å². The number of unbranched alkanes of at least 4 members (excludes halogenated alkanes) is 1. The second-order valence-corrected chi connectivity index (χ2v) is 5.23. The summed E-state index contributed by atoms with van der Waals surface area (Å²) in [7, 11) is 0. The maximum Gasteiger partial charge on any atom is 0.234 e. The second kappa shape index (κ2) is 7.02. The van der Waals surface area contributed by atoms with Crippen molar-refractivity contribution in [2.24, 2.45) is 0 Å². The molecule has 5 nitrogen and oxygen atoms in total. The molecule has 0 radical (unpaired) electrons. The van der Waals surface area contributed by atoms with Crippen LogP contribution >= 0.6 is 0 Å². The normalized spacial score (nSPS) is 10.9. The zero-order valence-electron chi connectivity index (χ0n) is 12.7. The van der Waals surface area contributed by atoms with Crippen LogP contribution in [0.3, 0.4) is 0 Å². The molecule has 5 heteroatoms. The van der Waals surface area contributed by atoms with Gasteiger partial charge in [0.15, 0.2) is 0 Å². The largest absolute Gasteiger partial charge is 0.338 e. The van der Waals surface area contributed by atoms with Gasteiger partial charge in [0, 0.05) is 24.7 Å². The highest BCUT2D eigenvalue weighted by Gasteiger charge is 2.23. The topological polar surface area (TPSA) is 59.2 Å². The number of hydrogen-bond donors (Lipinski definition) is 0. The van der Waals surface area contributed by atoms with Crippen molar-refractivity contribution in [3.05, 3.63) is 30.5 Å². The summed E-state index contributed by atoms with van der Waals surface area (Å²) >= 11 is 0. The summed E-state index contributed by atoms with van der Waals surface area (Å²) in [5.41, 5.74) is 1.37. The molecule has 0 bridgehead atoms. The van der Waals surface area contributed by atoms with Crippen molar-refractivity contribution in [2.45, 2.75) is 46.1 Å². The molecule has 2 aromatic heterocycles. The first-order valence-electron chi connectivity index (χ1n) is 7.33. The summed E-state index contributed by atoms with van der Waals surface area (Å²) in [4.78, 5) is 18.2. The molecule has 0 aliphatic carbocycles. The molecule has 2 rings (SSSR count). The molecule has 0 saturated heterocycles. The number of anilines is 1. The van der Waals surface area contributed by atoms with Crippen LogP contribution in [0.4, 0.5) is 5.88 Å². The lowest BCUT2D eigenvalue weighted by molar-refractivity contribution is -0.119. The molecular weight excluding hydrogens is 266 g/mol. The number of carbonyl (C=O) groups is 1. The quantitative estimate of drug-likeness (QED) is 0.813. The summed E-state index contributed by atoms with van der Waals surface area (Å²) < 4.78 is 5.36. The van der Waals surface area contributed by atoms with Gasteiger partial charge in [0.25, 0.3) is 0 Å². The van der Waals surface area contributed by atoms with Crippen LogP contribution in [0.25, 0.3) is 11.4 Å². The van der Waals surface area contributed by atoms with Crippen molar-refractivity contribution in [3.8, 4) is 11.4 Å².